The minimum Gasteiger partial charge on any atom is -0.312 e. The molecule has 0 saturated heterocycles. The van der Waals surface area contributed by atoms with E-state index in [9.17, 15) is 0 Å². The van der Waals surface area contributed by atoms with Gasteiger partial charge in [-0.1, -0.05) is 29.9 Å². The highest BCUT2D eigenvalue weighted by Gasteiger charge is 2.20. The largest absolute Gasteiger partial charge is 0.312 e. The molecule has 0 amide bonds. The fourth-order valence-electron chi connectivity index (χ4n) is 1.96. The Morgan fingerprint density at radius 2 is 2.21 bits per heavy atom. The highest BCUT2D eigenvalue weighted by Crippen LogP contribution is 2.29. The lowest BCUT2D eigenvalue weighted by atomic mass is 10.0. The zero-order valence-corrected chi connectivity index (χ0v) is 12.8. The van der Waals surface area contributed by atoms with E-state index < -0.39 is 0 Å². The summed E-state index contributed by atoms with van der Waals surface area (Å²) in [5, 5.41) is 8.26. The summed E-state index contributed by atoms with van der Waals surface area (Å²) in [6, 6.07) is 2.13. The zero-order chi connectivity index (χ0) is 13.8. The second kappa shape index (κ2) is 6.41. The normalized spacial score (nSPS) is 12.9. The molecule has 1 N–H and O–H groups in total. The van der Waals surface area contributed by atoms with E-state index in [1.807, 2.05) is 13.1 Å². The van der Waals surface area contributed by atoms with Crippen LogP contribution in [0.5, 0.6) is 0 Å². The standard InChI is InChI=1S/C13H17ClN4S/c1-8(2)12-13(19-18-17-12)11(15-3)6-9-4-5-16-7-10(9)14/h4-5,7-8,11,15H,6H2,1-3H3. The van der Waals surface area contributed by atoms with Crippen molar-refractivity contribution >= 4 is 23.1 Å². The lowest BCUT2D eigenvalue weighted by molar-refractivity contribution is 0.589. The van der Waals surface area contributed by atoms with Crippen LogP contribution in [0.15, 0.2) is 18.5 Å². The number of halogens is 1. The van der Waals surface area contributed by atoms with Crippen LogP contribution in [0.2, 0.25) is 5.02 Å². The smallest absolute Gasteiger partial charge is 0.0829 e. The summed E-state index contributed by atoms with van der Waals surface area (Å²) in [6.07, 6.45) is 4.25. The molecule has 0 fully saturated rings. The Morgan fingerprint density at radius 1 is 1.42 bits per heavy atom. The molecule has 2 rings (SSSR count). The van der Waals surface area contributed by atoms with Gasteiger partial charge in [-0.15, -0.1) is 5.10 Å². The van der Waals surface area contributed by atoms with Gasteiger partial charge in [0.1, 0.15) is 0 Å². The maximum absolute atomic E-state index is 6.17. The molecule has 19 heavy (non-hydrogen) atoms. The van der Waals surface area contributed by atoms with Crippen LogP contribution < -0.4 is 5.32 Å². The number of pyridine rings is 1. The first kappa shape index (κ1) is 14.4. The van der Waals surface area contributed by atoms with Gasteiger partial charge in [0.05, 0.1) is 15.6 Å². The lowest BCUT2D eigenvalue weighted by Gasteiger charge is -2.17. The Bertz CT molecular complexity index is 541. The summed E-state index contributed by atoms with van der Waals surface area (Å²) in [5.74, 6) is 0.373. The van der Waals surface area contributed by atoms with Crippen LogP contribution in [0.25, 0.3) is 0 Å². The Balaban J connectivity index is 2.26. The minimum absolute atomic E-state index is 0.178. The molecule has 4 nitrogen and oxygen atoms in total. The highest BCUT2D eigenvalue weighted by atomic mass is 35.5. The zero-order valence-electron chi connectivity index (χ0n) is 11.2. The first-order valence-corrected chi connectivity index (χ1v) is 7.36. The second-order valence-corrected chi connectivity index (χ2v) is 5.88. The molecule has 0 aliphatic carbocycles. The summed E-state index contributed by atoms with van der Waals surface area (Å²) < 4.78 is 4.08. The molecule has 0 aromatic carbocycles. The highest BCUT2D eigenvalue weighted by molar-refractivity contribution is 7.05. The van der Waals surface area contributed by atoms with Crippen molar-refractivity contribution in [1.82, 2.24) is 19.9 Å². The number of aromatic nitrogens is 3. The lowest BCUT2D eigenvalue weighted by Crippen LogP contribution is -2.19. The van der Waals surface area contributed by atoms with Crippen LogP contribution in [-0.2, 0) is 6.42 Å². The Hall–Kier alpha value is -1.04. The van der Waals surface area contributed by atoms with Crippen molar-refractivity contribution in [2.45, 2.75) is 32.2 Å². The van der Waals surface area contributed by atoms with Gasteiger partial charge in [0.2, 0.25) is 0 Å². The molecule has 0 spiro atoms. The molecule has 0 radical (unpaired) electrons. The van der Waals surface area contributed by atoms with E-state index in [-0.39, 0.29) is 6.04 Å². The van der Waals surface area contributed by atoms with Crippen LogP contribution in [0.1, 0.15) is 41.9 Å². The van der Waals surface area contributed by atoms with Crippen molar-refractivity contribution in [2.75, 3.05) is 7.05 Å². The van der Waals surface area contributed by atoms with Gasteiger partial charge in [-0.2, -0.15) is 0 Å². The molecule has 102 valence electrons. The molecule has 0 bridgehead atoms. The maximum Gasteiger partial charge on any atom is 0.0829 e. The van der Waals surface area contributed by atoms with E-state index >= 15 is 0 Å². The minimum atomic E-state index is 0.178. The van der Waals surface area contributed by atoms with Crippen molar-refractivity contribution in [3.05, 3.63) is 39.6 Å². The van der Waals surface area contributed by atoms with Gasteiger partial charge in [-0.3, -0.25) is 4.98 Å². The molecular weight excluding hydrogens is 280 g/mol. The predicted molar refractivity (Wildman–Crippen MR) is 78.7 cm³/mol. The number of nitrogens with one attached hydrogen (secondary N) is 1. The van der Waals surface area contributed by atoms with Crippen molar-refractivity contribution in [3.63, 3.8) is 0 Å². The number of hydrogen-bond donors (Lipinski definition) is 1. The monoisotopic (exact) mass is 296 g/mol. The quantitative estimate of drug-likeness (QED) is 0.920. The number of likely N-dealkylation sites (N-methyl/N-ethyl adjacent to an activating group) is 1. The van der Waals surface area contributed by atoms with Gasteiger partial charge in [0, 0.05) is 18.4 Å². The van der Waals surface area contributed by atoms with Crippen LogP contribution >= 0.6 is 23.1 Å². The second-order valence-electron chi connectivity index (χ2n) is 4.69. The molecule has 1 unspecified atom stereocenters. The van der Waals surface area contributed by atoms with Gasteiger partial charge >= 0.3 is 0 Å². The van der Waals surface area contributed by atoms with E-state index in [0.717, 1.165) is 17.7 Å². The number of nitrogens with zero attached hydrogens (tertiary/aromatic N) is 3. The predicted octanol–water partition coefficient (Wildman–Crippen LogP) is 3.21. The van der Waals surface area contributed by atoms with Crippen LogP contribution in [0.4, 0.5) is 0 Å². The first-order valence-electron chi connectivity index (χ1n) is 6.21. The third-order valence-corrected chi connectivity index (χ3v) is 4.23. The van der Waals surface area contributed by atoms with Gasteiger partial charge in [-0.05, 0) is 42.5 Å². The summed E-state index contributed by atoms with van der Waals surface area (Å²) in [4.78, 5) is 5.20. The van der Waals surface area contributed by atoms with Crippen molar-refractivity contribution in [3.8, 4) is 0 Å². The summed E-state index contributed by atoms with van der Waals surface area (Å²) in [7, 11) is 1.95. The van der Waals surface area contributed by atoms with Crippen LogP contribution in [-0.4, -0.2) is 21.6 Å². The maximum atomic E-state index is 6.17. The molecule has 6 heteroatoms. The molecule has 2 aromatic rings. The van der Waals surface area contributed by atoms with Crippen LogP contribution in [0, 0.1) is 0 Å². The molecule has 2 heterocycles. The SMILES string of the molecule is CNC(Cc1ccncc1Cl)c1snnc1C(C)C. The molecule has 0 aliphatic rings. The van der Waals surface area contributed by atoms with E-state index in [0.29, 0.717) is 10.9 Å². The molecule has 1 atom stereocenters. The average Bonchev–Trinajstić information content (AvgIpc) is 2.87. The Labute approximate surface area is 122 Å². The number of hydrogen-bond acceptors (Lipinski definition) is 5. The van der Waals surface area contributed by atoms with Gasteiger partial charge < -0.3 is 5.32 Å². The Kier molecular flexibility index (Phi) is 4.85. The molecule has 0 aliphatic heterocycles. The molecule has 2 aromatic heterocycles. The van der Waals surface area contributed by atoms with Crippen molar-refractivity contribution < 1.29 is 0 Å². The van der Waals surface area contributed by atoms with Gasteiger partial charge in [0.25, 0.3) is 0 Å². The fourth-order valence-corrected chi connectivity index (χ4v) is 3.07. The van der Waals surface area contributed by atoms with Gasteiger partial charge in [-0.25, -0.2) is 0 Å². The summed E-state index contributed by atoms with van der Waals surface area (Å²) in [5.41, 5.74) is 2.15. The summed E-state index contributed by atoms with van der Waals surface area (Å²) >= 11 is 7.62. The van der Waals surface area contributed by atoms with E-state index in [1.165, 1.54) is 16.4 Å². The number of rotatable bonds is 5. The first-order chi connectivity index (χ1) is 9.13. The van der Waals surface area contributed by atoms with Crippen molar-refractivity contribution in [2.24, 2.45) is 0 Å². The third-order valence-electron chi connectivity index (χ3n) is 3.03. The Morgan fingerprint density at radius 3 is 2.84 bits per heavy atom. The molecule has 0 saturated carbocycles. The topological polar surface area (TPSA) is 50.7 Å². The van der Waals surface area contributed by atoms with E-state index in [1.54, 1.807) is 12.4 Å². The molecular formula is C13H17ClN4S. The van der Waals surface area contributed by atoms with E-state index in [2.05, 4.69) is 33.7 Å². The van der Waals surface area contributed by atoms with Gasteiger partial charge in [0.15, 0.2) is 0 Å². The van der Waals surface area contributed by atoms with Crippen molar-refractivity contribution in [1.29, 1.82) is 0 Å². The fraction of sp³-hybridized carbons (Fsp3) is 0.462. The average molecular weight is 297 g/mol. The third kappa shape index (κ3) is 3.29. The summed E-state index contributed by atoms with van der Waals surface area (Å²) in [6.45, 7) is 4.26. The van der Waals surface area contributed by atoms with E-state index in [4.69, 9.17) is 11.6 Å². The van der Waals surface area contributed by atoms with Crippen LogP contribution in [0.3, 0.4) is 0 Å².